The molecule has 4 heterocycles. The van der Waals surface area contributed by atoms with Crippen LogP contribution in [0.15, 0.2) is 34.5 Å². The zero-order valence-electron chi connectivity index (χ0n) is 23.5. The van der Waals surface area contributed by atoms with E-state index in [9.17, 15) is 0 Å². The van der Waals surface area contributed by atoms with E-state index < -0.39 is 0 Å². The van der Waals surface area contributed by atoms with E-state index in [1.54, 1.807) is 0 Å². The predicted octanol–water partition coefficient (Wildman–Crippen LogP) is 6.54. The van der Waals surface area contributed by atoms with E-state index in [0.29, 0.717) is 48.1 Å². The van der Waals surface area contributed by atoms with Crippen molar-refractivity contribution in [2.24, 2.45) is 47.7 Å². The molecule has 204 valence electrons. The Morgan fingerprint density at radius 1 is 0.750 bits per heavy atom. The van der Waals surface area contributed by atoms with E-state index in [2.05, 4.69) is 67.8 Å². The molecule has 3 aliphatic heterocycles. The van der Waals surface area contributed by atoms with Crippen LogP contribution in [0.3, 0.4) is 0 Å². The number of hydrogen-bond acceptors (Lipinski definition) is 9. The summed E-state index contributed by atoms with van der Waals surface area (Å²) in [6.07, 6.45) is 2.23. The number of aliphatic imine (C=N–C) groups is 6. The molecule has 0 radical (unpaired) electrons. The van der Waals surface area contributed by atoms with Gasteiger partial charge in [-0.2, -0.15) is 4.98 Å². The summed E-state index contributed by atoms with van der Waals surface area (Å²) in [7, 11) is 0. The highest BCUT2D eigenvalue weighted by Crippen LogP contribution is 2.09. The highest BCUT2D eigenvalue weighted by molar-refractivity contribution is 6.03. The number of amidine groups is 3. The maximum Gasteiger partial charge on any atom is 0.229 e. The quantitative estimate of drug-likeness (QED) is 0.464. The molecule has 3 aliphatic rings. The Labute approximate surface area is 221 Å². The molecular weight excluding hydrogens is 452 g/mol. The minimum atomic E-state index is 0. The number of nitrogens with zero attached hydrogens (tertiary/aromatic N) is 8. The van der Waals surface area contributed by atoms with E-state index in [1.807, 2.05) is 47.8 Å². The molecule has 1 aromatic heterocycles. The molecule has 1 aromatic rings. The summed E-state index contributed by atoms with van der Waals surface area (Å²) >= 11 is 0. The Morgan fingerprint density at radius 2 is 1.31 bits per heavy atom. The van der Waals surface area contributed by atoms with Gasteiger partial charge in [-0.15, -0.1) is 0 Å². The van der Waals surface area contributed by atoms with Crippen LogP contribution in [0, 0.1) is 24.7 Å². The molecule has 9 heteroatoms. The van der Waals surface area contributed by atoms with Crippen LogP contribution >= 0.6 is 0 Å². The summed E-state index contributed by atoms with van der Waals surface area (Å²) in [5.41, 5.74) is 1.14. The fourth-order valence-electron chi connectivity index (χ4n) is 2.54. The van der Waals surface area contributed by atoms with Crippen molar-refractivity contribution in [3.63, 3.8) is 0 Å². The van der Waals surface area contributed by atoms with E-state index in [4.69, 9.17) is 5.89 Å². The Balaban J connectivity index is 0. The molecule has 0 saturated heterocycles. The van der Waals surface area contributed by atoms with E-state index in [0.717, 1.165) is 36.3 Å². The van der Waals surface area contributed by atoms with Gasteiger partial charge in [-0.25, -0.2) is 15.0 Å². The standard InChI is InChI=1S/C7H12N2.C6H10N2O.2C6H10N2.2CH4/c1-5(2)7-8-4-6(3)9-7;1-4(2)6-7-5(3)8-9-6;2*1-5(2)6-7-3-4-8-6;;/h5H,4H2,1-3H3;4H,1-3H3;2*3,5H,4H2,1-2H3;2*1H4/i;;3D;;;. The molecule has 0 atom stereocenters. The largest absolute Gasteiger partial charge is 0.339 e. The van der Waals surface area contributed by atoms with Crippen molar-refractivity contribution in [3.8, 4) is 0 Å². The van der Waals surface area contributed by atoms with E-state index in [1.165, 1.54) is 0 Å². The van der Waals surface area contributed by atoms with Crippen LogP contribution in [0.5, 0.6) is 0 Å². The first-order valence-corrected chi connectivity index (χ1v) is 11.9. The normalized spacial score (nSPS) is 15.7. The molecule has 0 unspecified atom stereocenters. The number of aryl methyl sites for hydroxylation is 1. The SMILES string of the molecule is C.C.CC(C)C1=NCC=N1.CC1=NC(C(C)C)=NC1.Cc1noc(C(C)C)n1.[2H]C1=NC(C(C)C)=NC1. The van der Waals surface area contributed by atoms with Crippen LogP contribution in [-0.2, 0) is 0 Å². The van der Waals surface area contributed by atoms with Gasteiger partial charge in [0.15, 0.2) is 5.82 Å². The lowest BCUT2D eigenvalue weighted by atomic mass is 10.2. The Bertz CT molecular complexity index is 942. The second-order valence-corrected chi connectivity index (χ2v) is 9.28. The van der Waals surface area contributed by atoms with Gasteiger partial charge in [0.25, 0.3) is 0 Å². The lowest BCUT2D eigenvalue weighted by molar-refractivity contribution is 0.362. The highest BCUT2D eigenvalue weighted by atomic mass is 16.5. The van der Waals surface area contributed by atoms with Crippen LogP contribution in [0.4, 0.5) is 0 Å². The average Bonchev–Trinajstić information content (AvgIpc) is 3.57. The third kappa shape index (κ3) is 13.9. The number of aromatic nitrogens is 2. The predicted molar refractivity (Wildman–Crippen MR) is 158 cm³/mol. The molecule has 0 spiro atoms. The Kier molecular flexibility index (Phi) is 17.0. The molecule has 0 amide bonds. The zero-order valence-corrected chi connectivity index (χ0v) is 22.5. The first-order chi connectivity index (χ1) is 16.4. The number of hydrogen-bond donors (Lipinski definition) is 0. The van der Waals surface area contributed by atoms with Gasteiger partial charge in [-0.1, -0.05) is 75.4 Å². The van der Waals surface area contributed by atoms with Crippen molar-refractivity contribution in [2.45, 2.75) is 90.0 Å². The fraction of sp³-hybridized carbons (Fsp3) is 0.704. The third-order valence-corrected chi connectivity index (χ3v) is 4.43. The summed E-state index contributed by atoms with van der Waals surface area (Å²) in [6.45, 7) is 22.4. The molecule has 36 heavy (non-hydrogen) atoms. The van der Waals surface area contributed by atoms with Gasteiger partial charge in [0.2, 0.25) is 5.89 Å². The Hall–Kier alpha value is -2.84. The molecule has 0 saturated carbocycles. The lowest BCUT2D eigenvalue weighted by Gasteiger charge is -1.97. The van der Waals surface area contributed by atoms with Crippen LogP contribution in [-0.4, -0.2) is 65.4 Å². The van der Waals surface area contributed by atoms with E-state index >= 15 is 0 Å². The van der Waals surface area contributed by atoms with Crippen molar-refractivity contribution >= 4 is 35.6 Å². The van der Waals surface area contributed by atoms with Gasteiger partial charge < -0.3 is 4.52 Å². The molecule has 0 aromatic carbocycles. The lowest BCUT2D eigenvalue weighted by Crippen LogP contribution is -2.00. The van der Waals surface area contributed by atoms with Crippen molar-refractivity contribution in [2.75, 3.05) is 19.6 Å². The second kappa shape index (κ2) is 18.4. The summed E-state index contributed by atoms with van der Waals surface area (Å²) in [4.78, 5) is 28.7. The summed E-state index contributed by atoms with van der Waals surface area (Å²) < 4.78 is 12.0. The van der Waals surface area contributed by atoms with Gasteiger partial charge in [-0.3, -0.25) is 15.0 Å². The van der Waals surface area contributed by atoms with Crippen LogP contribution < -0.4 is 0 Å². The van der Waals surface area contributed by atoms with E-state index in [-0.39, 0.29) is 14.9 Å². The van der Waals surface area contributed by atoms with Gasteiger partial charge in [0.1, 0.15) is 17.5 Å². The maximum absolute atomic E-state index is 7.09. The highest BCUT2D eigenvalue weighted by Gasteiger charge is 2.08. The third-order valence-electron chi connectivity index (χ3n) is 4.43. The molecule has 0 bridgehead atoms. The molecular formula is C27H50N8O. The van der Waals surface area contributed by atoms with Gasteiger partial charge in [0.05, 0.1) is 21.0 Å². The second-order valence-electron chi connectivity index (χ2n) is 9.28. The monoisotopic (exact) mass is 503 g/mol. The molecule has 9 nitrogen and oxygen atoms in total. The zero-order chi connectivity index (χ0) is 26.5. The van der Waals surface area contributed by atoms with Crippen molar-refractivity contribution in [3.05, 3.63) is 11.7 Å². The smallest absolute Gasteiger partial charge is 0.229 e. The van der Waals surface area contributed by atoms with Gasteiger partial charge >= 0.3 is 0 Å². The number of rotatable bonds is 4. The Morgan fingerprint density at radius 3 is 1.53 bits per heavy atom. The molecule has 0 fully saturated rings. The first-order valence-electron chi connectivity index (χ1n) is 12.4. The fourth-order valence-corrected chi connectivity index (χ4v) is 2.54. The summed E-state index contributed by atoms with van der Waals surface area (Å²) in [5, 5.41) is 3.65. The van der Waals surface area contributed by atoms with Gasteiger partial charge in [0, 0.05) is 41.8 Å². The molecule has 0 N–H and O–H groups in total. The maximum atomic E-state index is 7.09. The van der Waals surface area contributed by atoms with Gasteiger partial charge in [-0.05, 0) is 13.8 Å². The topological polar surface area (TPSA) is 113 Å². The summed E-state index contributed by atoms with van der Waals surface area (Å²) in [5.74, 6) is 5.93. The minimum absolute atomic E-state index is 0. The van der Waals surface area contributed by atoms with Crippen LogP contribution in [0.1, 0.15) is 96.2 Å². The van der Waals surface area contributed by atoms with Crippen LogP contribution in [0.25, 0.3) is 0 Å². The van der Waals surface area contributed by atoms with Crippen molar-refractivity contribution < 1.29 is 5.89 Å². The summed E-state index contributed by atoms with van der Waals surface area (Å²) in [6, 6.07) is 0. The average molecular weight is 504 g/mol. The van der Waals surface area contributed by atoms with Crippen molar-refractivity contribution in [1.29, 1.82) is 0 Å². The molecule has 0 aliphatic carbocycles. The van der Waals surface area contributed by atoms with Crippen LogP contribution in [0.2, 0.25) is 0 Å². The molecule has 4 rings (SSSR count). The first kappa shape index (κ1) is 33.2. The minimum Gasteiger partial charge on any atom is -0.339 e. The van der Waals surface area contributed by atoms with Crippen molar-refractivity contribution in [1.82, 2.24) is 10.1 Å².